The Kier molecular flexibility index (Phi) is 8.65. The summed E-state index contributed by atoms with van der Waals surface area (Å²) in [5, 5.41) is 8.41. The molecule has 4 aliphatic heterocycles. The number of hydrogen-bond acceptors (Lipinski definition) is 4. The van der Waals surface area contributed by atoms with Crippen LogP contribution < -0.4 is 4.98 Å². The molecule has 0 radical (unpaired) electrons. The Balaban J connectivity index is 0.00000370. The zero-order valence-electron chi connectivity index (χ0n) is 24.7. The number of rotatable bonds is 5. The van der Waals surface area contributed by atoms with Gasteiger partial charge in [0.2, 0.25) is 0 Å². The molecule has 0 fully saturated rings. The predicted octanol–water partition coefficient (Wildman–Crippen LogP) is 8.59. The van der Waals surface area contributed by atoms with Crippen molar-refractivity contribution in [1.82, 2.24) is 4.98 Å². The second kappa shape index (κ2) is 11.7. The van der Waals surface area contributed by atoms with E-state index < -0.39 is 0 Å². The van der Waals surface area contributed by atoms with Crippen molar-refractivity contribution in [1.29, 1.82) is 0 Å². The minimum absolute atomic E-state index is 0. The number of fused-ring (bicyclic) bond motifs is 6. The molecule has 1 atom stereocenters. The van der Waals surface area contributed by atoms with E-state index in [-0.39, 0.29) is 22.5 Å². The third-order valence-electron chi connectivity index (χ3n) is 8.61. The second-order valence-electron chi connectivity index (χ2n) is 10.5. The molecule has 0 N–H and O–H groups in total. The van der Waals surface area contributed by atoms with E-state index in [9.17, 15) is 4.91 Å². The van der Waals surface area contributed by atoms with Crippen molar-refractivity contribution in [2.75, 3.05) is 0 Å². The van der Waals surface area contributed by atoms with Gasteiger partial charge in [-0.1, -0.05) is 74.2 Å². The minimum atomic E-state index is -0.303. The Morgan fingerprint density at radius 3 is 2.15 bits per heavy atom. The van der Waals surface area contributed by atoms with Crippen LogP contribution in [0.2, 0.25) is 0 Å². The fraction of sp³-hybridized carbons (Fsp3) is 0.394. The Morgan fingerprint density at radius 1 is 0.825 bits per heavy atom. The number of aliphatic imine (C=N–C) groups is 2. The van der Waals surface area contributed by atoms with E-state index in [4.69, 9.17) is 20.3 Å². The molecule has 5 heterocycles. The SMILES string of the molecule is CCC1=C(C)/C2=C/c3[n-]c(c(C)c3CC)/C=C3N=C(C(C)=C\3CC)/C(=C\N=O)C3[N-]/C(=C\C1=N2)C(C)=C3CC.[Ni+2]. The van der Waals surface area contributed by atoms with Gasteiger partial charge in [-0.25, -0.2) is 9.98 Å². The number of nitroso groups, excluding NO2 is 1. The van der Waals surface area contributed by atoms with Gasteiger partial charge >= 0.3 is 16.5 Å². The van der Waals surface area contributed by atoms with Crippen molar-refractivity contribution < 1.29 is 16.5 Å². The van der Waals surface area contributed by atoms with Crippen molar-refractivity contribution in [3.63, 3.8) is 0 Å². The molecule has 4 aliphatic rings. The van der Waals surface area contributed by atoms with Crippen LogP contribution in [0.15, 0.2) is 83.5 Å². The predicted molar refractivity (Wildman–Crippen MR) is 163 cm³/mol. The molecule has 0 aliphatic carbocycles. The van der Waals surface area contributed by atoms with Crippen LogP contribution in [0, 0.1) is 11.8 Å². The van der Waals surface area contributed by atoms with Crippen molar-refractivity contribution in [2.24, 2.45) is 15.2 Å². The molecule has 1 aromatic rings. The zero-order chi connectivity index (χ0) is 28.0. The molecule has 0 saturated heterocycles. The summed E-state index contributed by atoms with van der Waals surface area (Å²) in [6, 6.07) is -0.303. The molecule has 5 rings (SSSR count). The number of nitrogens with zero attached hydrogens (tertiary/aromatic N) is 5. The first kappa shape index (κ1) is 29.7. The van der Waals surface area contributed by atoms with Gasteiger partial charge in [-0.15, -0.1) is 22.0 Å². The standard InChI is InChI=1S/C33H38N5O.Ni/c1-9-21-18(6)27-14-31-23(11-3)20(8)32(38-31)25(16-34-39)33-24(12-4)19(7)28(37-33)15-30-22(10-2)17(5)26(35-30)13-29(21)36-27;/h13-16,33H,9-12H2,1-8H3,(H-,34,35,36,37,38,39);/q-1;+2/p-1. The number of hydrogen-bond donors (Lipinski definition) is 0. The molecular weight excluding hydrogens is 541 g/mol. The molecule has 6 nitrogen and oxygen atoms in total. The molecule has 0 spiro atoms. The third-order valence-corrected chi connectivity index (χ3v) is 8.61. The first-order valence-corrected chi connectivity index (χ1v) is 14.1. The van der Waals surface area contributed by atoms with E-state index in [2.05, 4.69) is 78.8 Å². The molecule has 40 heavy (non-hydrogen) atoms. The first-order chi connectivity index (χ1) is 18.8. The largest absolute Gasteiger partial charge is 2.00 e. The maximum absolute atomic E-state index is 11.7. The van der Waals surface area contributed by atoms with Crippen LogP contribution in [0.25, 0.3) is 17.5 Å². The Bertz CT molecular complexity index is 1570. The summed E-state index contributed by atoms with van der Waals surface area (Å²) in [6.45, 7) is 17.1. The second-order valence-corrected chi connectivity index (χ2v) is 10.5. The first-order valence-electron chi connectivity index (χ1n) is 14.1. The van der Waals surface area contributed by atoms with Crippen LogP contribution in [0.4, 0.5) is 0 Å². The fourth-order valence-electron chi connectivity index (χ4n) is 6.37. The average molecular weight is 578 g/mol. The molecule has 210 valence electrons. The summed E-state index contributed by atoms with van der Waals surface area (Å²) in [7, 11) is 0. The monoisotopic (exact) mass is 577 g/mol. The van der Waals surface area contributed by atoms with E-state index in [1.807, 2.05) is 0 Å². The van der Waals surface area contributed by atoms with E-state index >= 15 is 0 Å². The van der Waals surface area contributed by atoms with E-state index in [1.54, 1.807) is 0 Å². The van der Waals surface area contributed by atoms with Gasteiger partial charge in [-0.3, -0.25) is 0 Å². The van der Waals surface area contributed by atoms with Crippen molar-refractivity contribution >= 4 is 23.6 Å². The molecule has 1 aromatic heterocycles. The summed E-state index contributed by atoms with van der Waals surface area (Å²) in [5.74, 6) is 0. The van der Waals surface area contributed by atoms with Gasteiger partial charge in [0.25, 0.3) is 0 Å². The minimum Gasteiger partial charge on any atom is -0.674 e. The summed E-state index contributed by atoms with van der Waals surface area (Å²) >= 11 is 0. The van der Waals surface area contributed by atoms with Crippen LogP contribution in [-0.4, -0.2) is 17.5 Å². The molecule has 0 saturated carbocycles. The van der Waals surface area contributed by atoms with Gasteiger partial charge in [0, 0.05) is 0 Å². The third kappa shape index (κ3) is 4.68. The van der Waals surface area contributed by atoms with Crippen molar-refractivity contribution in [3.8, 4) is 0 Å². The zero-order valence-corrected chi connectivity index (χ0v) is 25.7. The van der Waals surface area contributed by atoms with Gasteiger partial charge in [0.15, 0.2) is 0 Å². The molecule has 1 unspecified atom stereocenters. The molecule has 8 bridgehead atoms. The Labute approximate surface area is 247 Å². The van der Waals surface area contributed by atoms with Gasteiger partial charge in [-0.05, 0) is 86.4 Å². The number of aromatic nitrogens is 1. The fourth-order valence-corrected chi connectivity index (χ4v) is 6.37. The Morgan fingerprint density at radius 2 is 1.52 bits per heavy atom. The molecular formula is C33H37N5NiO. The molecule has 0 aromatic carbocycles. The van der Waals surface area contributed by atoms with Gasteiger partial charge in [0.05, 0.1) is 29.0 Å². The molecule has 0 amide bonds. The van der Waals surface area contributed by atoms with Crippen molar-refractivity contribution in [2.45, 2.75) is 87.1 Å². The van der Waals surface area contributed by atoms with Crippen LogP contribution >= 0.6 is 0 Å². The summed E-state index contributed by atoms with van der Waals surface area (Å²) in [5.41, 5.74) is 16.5. The van der Waals surface area contributed by atoms with Gasteiger partial charge in [0.1, 0.15) is 0 Å². The van der Waals surface area contributed by atoms with E-state index in [0.29, 0.717) is 0 Å². The quantitative estimate of drug-likeness (QED) is 0.259. The van der Waals surface area contributed by atoms with Crippen LogP contribution in [0.1, 0.15) is 90.2 Å². The van der Waals surface area contributed by atoms with Crippen molar-refractivity contribution in [3.05, 3.63) is 101 Å². The summed E-state index contributed by atoms with van der Waals surface area (Å²) in [4.78, 5) is 27.0. The van der Waals surface area contributed by atoms with E-state index in [1.165, 1.54) is 34.0 Å². The normalized spacial score (nSPS) is 25.1. The van der Waals surface area contributed by atoms with Crippen LogP contribution in [-0.2, 0) is 22.9 Å². The van der Waals surface area contributed by atoms with Gasteiger partial charge < -0.3 is 10.3 Å². The maximum Gasteiger partial charge on any atom is 2.00 e. The maximum atomic E-state index is 11.7. The average Bonchev–Trinajstić information content (AvgIpc) is 3.59. The topological polar surface area (TPSA) is 82.4 Å². The van der Waals surface area contributed by atoms with Crippen LogP contribution in [0.5, 0.6) is 0 Å². The summed E-state index contributed by atoms with van der Waals surface area (Å²) in [6.07, 6.45) is 11.2. The molecule has 7 heteroatoms. The van der Waals surface area contributed by atoms with Gasteiger partial charge in [-0.2, -0.15) is 0 Å². The Hall–Kier alpha value is -3.31. The smallest absolute Gasteiger partial charge is 0.674 e. The van der Waals surface area contributed by atoms with Crippen LogP contribution in [0.3, 0.4) is 0 Å². The number of allylic oxidation sites excluding steroid dienone is 6. The summed E-state index contributed by atoms with van der Waals surface area (Å²) < 4.78 is 0. The van der Waals surface area contributed by atoms with E-state index in [0.717, 1.165) is 87.9 Å².